The Morgan fingerprint density at radius 2 is 2.15 bits per heavy atom. The zero-order valence-electron chi connectivity index (χ0n) is 13.3. The molecule has 1 N–H and O–H groups in total. The number of nitrogens with zero attached hydrogens (tertiary/aromatic N) is 1. The summed E-state index contributed by atoms with van der Waals surface area (Å²) in [6, 6.07) is 2.86. The van der Waals surface area contributed by atoms with Crippen LogP contribution in [0.5, 0.6) is 0 Å². The van der Waals surface area contributed by atoms with E-state index in [4.69, 9.17) is 4.42 Å². The van der Waals surface area contributed by atoms with Gasteiger partial charge in [0, 0.05) is 18.2 Å². The Morgan fingerprint density at radius 3 is 2.90 bits per heavy atom. The molecule has 1 aliphatic rings. The molecule has 114 valence electrons. The Bertz CT molecular complexity index is 388. The van der Waals surface area contributed by atoms with Crippen LogP contribution in [0.1, 0.15) is 57.3 Å². The third-order valence-corrected chi connectivity index (χ3v) is 4.60. The monoisotopic (exact) mass is 278 g/mol. The highest BCUT2D eigenvalue weighted by atomic mass is 16.3. The third kappa shape index (κ3) is 4.10. The third-order valence-electron chi connectivity index (χ3n) is 4.60. The van der Waals surface area contributed by atoms with Gasteiger partial charge in [-0.3, -0.25) is 4.90 Å². The fourth-order valence-corrected chi connectivity index (χ4v) is 3.38. The molecule has 1 fully saturated rings. The predicted molar refractivity (Wildman–Crippen MR) is 83.6 cm³/mol. The number of nitrogens with one attached hydrogen (secondary N) is 1. The zero-order chi connectivity index (χ0) is 14.4. The average molecular weight is 278 g/mol. The second-order valence-corrected chi connectivity index (χ2v) is 6.29. The minimum absolute atomic E-state index is 0.732. The van der Waals surface area contributed by atoms with E-state index in [1.165, 1.54) is 31.2 Å². The van der Waals surface area contributed by atoms with Crippen LogP contribution >= 0.6 is 0 Å². The summed E-state index contributed by atoms with van der Waals surface area (Å²) in [5.41, 5.74) is 1.34. The standard InChI is InChI=1S/C17H30N2O/c1-4-10-18-12-17-15(9-11-20-17)13-19(3)16-8-6-5-7-14(16)2/h9,11,14,16,18H,4-8,10,12-13H2,1-3H3. The van der Waals surface area contributed by atoms with E-state index in [-0.39, 0.29) is 0 Å². The number of hydrogen-bond acceptors (Lipinski definition) is 3. The highest BCUT2D eigenvalue weighted by molar-refractivity contribution is 5.17. The highest BCUT2D eigenvalue weighted by Crippen LogP contribution is 2.28. The van der Waals surface area contributed by atoms with Crippen molar-refractivity contribution in [2.75, 3.05) is 13.6 Å². The molecule has 3 nitrogen and oxygen atoms in total. The molecular weight excluding hydrogens is 248 g/mol. The minimum atomic E-state index is 0.732. The number of furan rings is 1. The van der Waals surface area contributed by atoms with Crippen molar-refractivity contribution < 1.29 is 4.42 Å². The fraction of sp³-hybridized carbons (Fsp3) is 0.765. The van der Waals surface area contributed by atoms with Crippen LogP contribution in [0, 0.1) is 5.92 Å². The van der Waals surface area contributed by atoms with Gasteiger partial charge in [-0.15, -0.1) is 0 Å². The van der Waals surface area contributed by atoms with Gasteiger partial charge in [0.15, 0.2) is 0 Å². The highest BCUT2D eigenvalue weighted by Gasteiger charge is 2.25. The molecule has 2 rings (SSSR count). The van der Waals surface area contributed by atoms with E-state index in [0.29, 0.717) is 0 Å². The molecule has 1 saturated carbocycles. The van der Waals surface area contributed by atoms with Gasteiger partial charge in [-0.1, -0.05) is 26.7 Å². The molecule has 0 radical (unpaired) electrons. The van der Waals surface area contributed by atoms with E-state index in [0.717, 1.165) is 43.8 Å². The predicted octanol–water partition coefficient (Wildman–Crippen LogP) is 3.79. The molecule has 0 saturated heterocycles. The van der Waals surface area contributed by atoms with E-state index in [1.807, 2.05) is 6.26 Å². The number of hydrogen-bond donors (Lipinski definition) is 1. The lowest BCUT2D eigenvalue weighted by Gasteiger charge is -2.36. The molecule has 1 aliphatic carbocycles. The van der Waals surface area contributed by atoms with Crippen LogP contribution in [-0.2, 0) is 13.1 Å². The van der Waals surface area contributed by atoms with Gasteiger partial charge in [-0.25, -0.2) is 0 Å². The van der Waals surface area contributed by atoms with Crippen molar-refractivity contribution in [2.24, 2.45) is 5.92 Å². The van der Waals surface area contributed by atoms with Crippen LogP contribution < -0.4 is 5.32 Å². The van der Waals surface area contributed by atoms with Crippen molar-refractivity contribution in [1.29, 1.82) is 0 Å². The molecule has 0 bridgehead atoms. The van der Waals surface area contributed by atoms with E-state index in [2.05, 4.69) is 37.2 Å². The van der Waals surface area contributed by atoms with Crippen molar-refractivity contribution in [2.45, 2.75) is 65.1 Å². The molecule has 1 aromatic rings. The van der Waals surface area contributed by atoms with Crippen molar-refractivity contribution in [3.63, 3.8) is 0 Å². The van der Waals surface area contributed by atoms with Crippen LogP contribution in [0.3, 0.4) is 0 Å². The van der Waals surface area contributed by atoms with Crippen molar-refractivity contribution in [3.05, 3.63) is 23.7 Å². The smallest absolute Gasteiger partial charge is 0.122 e. The van der Waals surface area contributed by atoms with Gasteiger partial charge < -0.3 is 9.73 Å². The minimum Gasteiger partial charge on any atom is -0.468 e. The first-order valence-electron chi connectivity index (χ1n) is 8.18. The van der Waals surface area contributed by atoms with Crippen molar-refractivity contribution in [3.8, 4) is 0 Å². The van der Waals surface area contributed by atoms with Crippen LogP contribution in [-0.4, -0.2) is 24.5 Å². The molecule has 0 spiro atoms. The Hall–Kier alpha value is -0.800. The summed E-state index contributed by atoms with van der Waals surface area (Å²) in [7, 11) is 2.27. The maximum atomic E-state index is 5.64. The summed E-state index contributed by atoms with van der Waals surface area (Å²) < 4.78 is 5.64. The summed E-state index contributed by atoms with van der Waals surface area (Å²) in [6.45, 7) is 7.50. The second-order valence-electron chi connectivity index (χ2n) is 6.29. The average Bonchev–Trinajstić information content (AvgIpc) is 2.87. The Kier molecular flexibility index (Phi) is 6.11. The molecule has 2 atom stereocenters. The van der Waals surface area contributed by atoms with E-state index < -0.39 is 0 Å². The summed E-state index contributed by atoms with van der Waals surface area (Å²) in [6.07, 6.45) is 8.51. The molecule has 1 heterocycles. The molecule has 2 unspecified atom stereocenters. The largest absolute Gasteiger partial charge is 0.468 e. The first-order valence-corrected chi connectivity index (χ1v) is 8.18. The van der Waals surface area contributed by atoms with Crippen molar-refractivity contribution in [1.82, 2.24) is 10.2 Å². The van der Waals surface area contributed by atoms with E-state index in [1.54, 1.807) is 0 Å². The molecule has 1 aromatic heterocycles. The molecule has 0 aromatic carbocycles. The van der Waals surface area contributed by atoms with Crippen LogP contribution in [0.25, 0.3) is 0 Å². The maximum Gasteiger partial charge on any atom is 0.122 e. The Labute approximate surface area is 123 Å². The fourth-order valence-electron chi connectivity index (χ4n) is 3.38. The van der Waals surface area contributed by atoms with Crippen LogP contribution in [0.15, 0.2) is 16.7 Å². The Morgan fingerprint density at radius 1 is 1.35 bits per heavy atom. The Balaban J connectivity index is 1.90. The summed E-state index contributed by atoms with van der Waals surface area (Å²) in [5.74, 6) is 1.93. The number of rotatable bonds is 7. The van der Waals surface area contributed by atoms with Gasteiger partial charge in [0.2, 0.25) is 0 Å². The van der Waals surface area contributed by atoms with Gasteiger partial charge >= 0.3 is 0 Å². The van der Waals surface area contributed by atoms with Gasteiger partial charge in [0.1, 0.15) is 5.76 Å². The normalized spacial score (nSPS) is 23.4. The zero-order valence-corrected chi connectivity index (χ0v) is 13.3. The first kappa shape index (κ1) is 15.6. The molecule has 20 heavy (non-hydrogen) atoms. The maximum absolute atomic E-state index is 5.64. The molecule has 3 heteroatoms. The molecule has 0 aliphatic heterocycles. The van der Waals surface area contributed by atoms with Gasteiger partial charge in [0.25, 0.3) is 0 Å². The lowest BCUT2D eigenvalue weighted by molar-refractivity contribution is 0.132. The second kappa shape index (κ2) is 7.84. The van der Waals surface area contributed by atoms with Crippen molar-refractivity contribution >= 4 is 0 Å². The molecule has 0 amide bonds. The SMILES string of the molecule is CCCNCc1occc1CN(C)C1CCCCC1C. The van der Waals surface area contributed by atoms with Gasteiger partial charge in [-0.05, 0) is 44.8 Å². The lowest BCUT2D eigenvalue weighted by Crippen LogP contribution is -2.38. The van der Waals surface area contributed by atoms with Crippen LogP contribution in [0.4, 0.5) is 0 Å². The van der Waals surface area contributed by atoms with E-state index in [9.17, 15) is 0 Å². The van der Waals surface area contributed by atoms with Gasteiger partial charge in [-0.2, -0.15) is 0 Å². The molecular formula is C17H30N2O. The quantitative estimate of drug-likeness (QED) is 0.769. The van der Waals surface area contributed by atoms with Crippen LogP contribution in [0.2, 0.25) is 0 Å². The summed E-state index contributed by atoms with van der Waals surface area (Å²) >= 11 is 0. The topological polar surface area (TPSA) is 28.4 Å². The van der Waals surface area contributed by atoms with Gasteiger partial charge in [0.05, 0.1) is 12.8 Å². The summed E-state index contributed by atoms with van der Waals surface area (Å²) in [5, 5.41) is 3.43. The lowest BCUT2D eigenvalue weighted by atomic mass is 9.85. The first-order chi connectivity index (χ1) is 9.72. The van der Waals surface area contributed by atoms with E-state index >= 15 is 0 Å². The summed E-state index contributed by atoms with van der Waals surface area (Å²) in [4.78, 5) is 2.53.